The van der Waals surface area contributed by atoms with Crippen LogP contribution in [0.2, 0.25) is 5.02 Å². The van der Waals surface area contributed by atoms with Gasteiger partial charge >= 0.3 is 0 Å². The van der Waals surface area contributed by atoms with E-state index in [1.807, 2.05) is 0 Å². The Balaban J connectivity index is 2.04. The highest BCUT2D eigenvalue weighted by atomic mass is 35.5. The minimum Gasteiger partial charge on any atom is -0.332 e. The number of aryl methyl sites for hydroxylation is 1. The largest absolute Gasteiger partial charge is 0.332 e. The normalized spacial score (nSPS) is 10.2. The number of benzene rings is 2. The van der Waals surface area contributed by atoms with E-state index >= 15 is 0 Å². The average Bonchev–Trinajstić information content (AvgIpc) is 2.38. The summed E-state index contributed by atoms with van der Waals surface area (Å²) in [5.41, 5.74) is 1.63. The molecule has 0 saturated heterocycles. The Morgan fingerprint density at radius 2 is 1.60 bits per heavy atom. The van der Waals surface area contributed by atoms with Crippen LogP contribution in [0.4, 0.5) is 20.2 Å². The predicted molar refractivity (Wildman–Crippen MR) is 82.4 cm³/mol. The second-order valence-electron chi connectivity index (χ2n) is 4.17. The molecule has 0 unspecified atom stereocenters. The zero-order valence-corrected chi connectivity index (χ0v) is 12.1. The Labute approximate surface area is 125 Å². The molecule has 2 rings (SSSR count). The van der Waals surface area contributed by atoms with Gasteiger partial charge in [0.05, 0.1) is 5.02 Å². The van der Waals surface area contributed by atoms with Crippen molar-refractivity contribution in [3.05, 3.63) is 58.6 Å². The molecule has 0 radical (unpaired) electrons. The van der Waals surface area contributed by atoms with Crippen LogP contribution in [0.3, 0.4) is 0 Å². The van der Waals surface area contributed by atoms with Crippen molar-refractivity contribution in [2.45, 2.75) is 6.92 Å². The fraction of sp³-hybridized carbons (Fsp3) is 0.0714. The van der Waals surface area contributed by atoms with Crippen molar-refractivity contribution >= 4 is 40.3 Å². The van der Waals surface area contributed by atoms with E-state index in [1.54, 1.807) is 19.1 Å². The van der Waals surface area contributed by atoms with Gasteiger partial charge in [0, 0.05) is 11.4 Å². The molecule has 2 aromatic rings. The van der Waals surface area contributed by atoms with Crippen LogP contribution in [0.1, 0.15) is 5.56 Å². The molecule has 2 aromatic carbocycles. The summed E-state index contributed by atoms with van der Waals surface area (Å²) in [4.78, 5) is 0. The molecule has 0 spiro atoms. The van der Waals surface area contributed by atoms with E-state index < -0.39 is 5.82 Å². The van der Waals surface area contributed by atoms with E-state index in [2.05, 4.69) is 10.6 Å². The number of anilines is 2. The molecule has 2 nitrogen and oxygen atoms in total. The highest BCUT2D eigenvalue weighted by Crippen LogP contribution is 2.20. The Hall–Kier alpha value is -1.72. The first-order valence-electron chi connectivity index (χ1n) is 5.75. The minimum atomic E-state index is -0.503. The molecule has 0 amide bonds. The third-order valence-electron chi connectivity index (χ3n) is 2.61. The van der Waals surface area contributed by atoms with Crippen molar-refractivity contribution in [1.29, 1.82) is 0 Å². The SMILES string of the molecule is Cc1ccc(NC(=S)Nc2ccc(F)c(Cl)c2)cc1F. The van der Waals surface area contributed by atoms with E-state index in [9.17, 15) is 8.78 Å². The number of nitrogens with one attached hydrogen (secondary N) is 2. The molecule has 0 aliphatic rings. The number of hydrogen-bond acceptors (Lipinski definition) is 1. The lowest BCUT2D eigenvalue weighted by Gasteiger charge is -2.11. The Morgan fingerprint density at radius 1 is 1.00 bits per heavy atom. The average molecular weight is 313 g/mol. The summed E-state index contributed by atoms with van der Waals surface area (Å²) in [6, 6.07) is 8.87. The Morgan fingerprint density at radius 3 is 2.20 bits per heavy atom. The van der Waals surface area contributed by atoms with Crippen LogP contribution in [0.15, 0.2) is 36.4 Å². The molecule has 0 saturated carbocycles. The quantitative estimate of drug-likeness (QED) is 0.784. The van der Waals surface area contributed by atoms with Gasteiger partial charge in [0.1, 0.15) is 11.6 Å². The summed E-state index contributed by atoms with van der Waals surface area (Å²) in [6.45, 7) is 1.68. The van der Waals surface area contributed by atoms with Crippen LogP contribution in [0.5, 0.6) is 0 Å². The summed E-state index contributed by atoms with van der Waals surface area (Å²) in [6.07, 6.45) is 0. The lowest BCUT2D eigenvalue weighted by atomic mass is 10.2. The first-order chi connectivity index (χ1) is 9.45. The van der Waals surface area contributed by atoms with Crippen molar-refractivity contribution in [1.82, 2.24) is 0 Å². The summed E-state index contributed by atoms with van der Waals surface area (Å²) < 4.78 is 26.4. The lowest BCUT2D eigenvalue weighted by molar-refractivity contribution is 0.619. The van der Waals surface area contributed by atoms with Gasteiger partial charge in [-0.2, -0.15) is 0 Å². The van der Waals surface area contributed by atoms with Gasteiger partial charge in [-0.3, -0.25) is 0 Å². The van der Waals surface area contributed by atoms with E-state index in [1.165, 1.54) is 24.3 Å². The molecule has 0 fully saturated rings. The highest BCUT2D eigenvalue weighted by Gasteiger charge is 2.04. The Bertz CT molecular complexity index is 606. The van der Waals surface area contributed by atoms with Crippen molar-refractivity contribution in [3.63, 3.8) is 0 Å². The third kappa shape index (κ3) is 3.65. The third-order valence-corrected chi connectivity index (χ3v) is 3.10. The summed E-state index contributed by atoms with van der Waals surface area (Å²) in [5, 5.41) is 5.93. The molecule has 0 bridgehead atoms. The minimum absolute atomic E-state index is 0.000759. The molecule has 2 N–H and O–H groups in total. The van der Waals surface area contributed by atoms with Gasteiger partial charge in [-0.05, 0) is 55.0 Å². The van der Waals surface area contributed by atoms with Crippen LogP contribution < -0.4 is 10.6 Å². The standard InChI is InChI=1S/C14H11ClF2N2S/c1-8-2-3-10(7-13(8)17)19-14(20)18-9-4-5-12(16)11(15)6-9/h2-7H,1H3,(H2,18,19,20). The van der Waals surface area contributed by atoms with E-state index in [4.69, 9.17) is 23.8 Å². The van der Waals surface area contributed by atoms with Crippen LogP contribution in [-0.2, 0) is 0 Å². The van der Waals surface area contributed by atoms with Gasteiger partial charge < -0.3 is 10.6 Å². The molecular formula is C14H11ClF2N2S. The number of thiocarbonyl (C=S) groups is 1. The van der Waals surface area contributed by atoms with Crippen LogP contribution in [0, 0.1) is 18.6 Å². The van der Waals surface area contributed by atoms with Crippen molar-refractivity contribution < 1.29 is 8.78 Å². The number of rotatable bonds is 2. The lowest BCUT2D eigenvalue weighted by Crippen LogP contribution is -2.19. The van der Waals surface area contributed by atoms with E-state index in [0.29, 0.717) is 16.9 Å². The molecule has 6 heteroatoms. The highest BCUT2D eigenvalue weighted by molar-refractivity contribution is 7.80. The maximum absolute atomic E-state index is 13.4. The van der Waals surface area contributed by atoms with E-state index in [0.717, 1.165) is 0 Å². The molecule has 0 aromatic heterocycles. The summed E-state index contributed by atoms with van der Waals surface area (Å²) in [5.74, 6) is -0.820. The van der Waals surface area contributed by atoms with Gasteiger partial charge in [0.15, 0.2) is 5.11 Å². The topological polar surface area (TPSA) is 24.1 Å². The smallest absolute Gasteiger partial charge is 0.175 e. The van der Waals surface area contributed by atoms with Crippen molar-refractivity contribution in [2.24, 2.45) is 0 Å². The first-order valence-corrected chi connectivity index (χ1v) is 6.53. The first kappa shape index (κ1) is 14.7. The Kier molecular flexibility index (Phi) is 4.52. The maximum Gasteiger partial charge on any atom is 0.175 e. The van der Waals surface area contributed by atoms with Crippen molar-refractivity contribution in [2.75, 3.05) is 10.6 Å². The maximum atomic E-state index is 13.4. The van der Waals surface area contributed by atoms with Gasteiger partial charge in [-0.15, -0.1) is 0 Å². The fourth-order valence-electron chi connectivity index (χ4n) is 1.54. The number of hydrogen-bond donors (Lipinski definition) is 2. The van der Waals surface area contributed by atoms with Gasteiger partial charge in [-0.1, -0.05) is 17.7 Å². The zero-order chi connectivity index (χ0) is 14.7. The van der Waals surface area contributed by atoms with E-state index in [-0.39, 0.29) is 16.0 Å². The molecule has 104 valence electrons. The molecule has 0 atom stereocenters. The molecule has 0 aliphatic heterocycles. The van der Waals surface area contributed by atoms with Gasteiger partial charge in [0.25, 0.3) is 0 Å². The monoisotopic (exact) mass is 312 g/mol. The zero-order valence-electron chi connectivity index (χ0n) is 10.5. The second kappa shape index (κ2) is 6.15. The summed E-state index contributed by atoms with van der Waals surface area (Å²) >= 11 is 10.8. The van der Waals surface area contributed by atoms with Gasteiger partial charge in [-0.25, -0.2) is 8.78 Å². The molecular weight excluding hydrogens is 302 g/mol. The fourth-order valence-corrected chi connectivity index (χ4v) is 1.95. The van der Waals surface area contributed by atoms with Gasteiger partial charge in [0.2, 0.25) is 0 Å². The predicted octanol–water partition coefficient (Wildman–Crippen LogP) is 4.74. The van der Waals surface area contributed by atoms with Crippen LogP contribution >= 0.6 is 23.8 Å². The number of halogens is 3. The molecule has 0 heterocycles. The van der Waals surface area contributed by atoms with Crippen LogP contribution in [0.25, 0.3) is 0 Å². The molecule has 0 aliphatic carbocycles. The second-order valence-corrected chi connectivity index (χ2v) is 4.99. The summed E-state index contributed by atoms with van der Waals surface area (Å²) in [7, 11) is 0. The van der Waals surface area contributed by atoms with Crippen LogP contribution in [-0.4, -0.2) is 5.11 Å². The molecule has 20 heavy (non-hydrogen) atoms. The van der Waals surface area contributed by atoms with Crippen molar-refractivity contribution in [3.8, 4) is 0 Å².